The molecule has 2 aromatic rings. The molecule has 138 valence electrons. The van der Waals surface area contributed by atoms with Gasteiger partial charge in [0.15, 0.2) is 11.5 Å². The molecule has 1 saturated carbocycles. The molecule has 1 unspecified atom stereocenters. The van der Waals surface area contributed by atoms with E-state index < -0.39 is 5.41 Å². The highest BCUT2D eigenvalue weighted by molar-refractivity contribution is 7.16. The second-order valence-corrected chi connectivity index (χ2v) is 8.88. The second kappa shape index (κ2) is 6.00. The molecule has 1 aromatic carbocycles. The number of hydrogen-bond acceptors (Lipinski definition) is 5. The Hall–Kier alpha value is -2.52. The zero-order valence-corrected chi connectivity index (χ0v) is 15.9. The Balaban J connectivity index is 1.43. The van der Waals surface area contributed by atoms with Crippen molar-refractivity contribution in [2.75, 3.05) is 12.1 Å². The Labute approximate surface area is 161 Å². The standard InChI is InChI=1S/C21H20N2O3S/c1-12-2-4-14-15(10-22)19(27-18(14)8-12)23-20(24)21(6-7-21)13-3-5-16-17(9-13)26-11-25-16/h3,5,9,12H,2,4,6-8,11H2,1H3,(H,23,24). The number of nitrogens with one attached hydrogen (secondary N) is 1. The topological polar surface area (TPSA) is 71.3 Å². The summed E-state index contributed by atoms with van der Waals surface area (Å²) < 4.78 is 10.8. The van der Waals surface area contributed by atoms with Gasteiger partial charge in [0.05, 0.1) is 11.0 Å². The van der Waals surface area contributed by atoms with Crippen LogP contribution in [0.1, 0.15) is 47.8 Å². The van der Waals surface area contributed by atoms with E-state index in [4.69, 9.17) is 9.47 Å². The molecule has 5 rings (SSSR count). The number of fused-ring (bicyclic) bond motifs is 2. The van der Waals surface area contributed by atoms with Crippen molar-refractivity contribution >= 4 is 22.2 Å². The van der Waals surface area contributed by atoms with Gasteiger partial charge in [-0.3, -0.25) is 4.79 Å². The van der Waals surface area contributed by atoms with Gasteiger partial charge in [-0.1, -0.05) is 13.0 Å². The first-order valence-electron chi connectivity index (χ1n) is 9.37. The highest BCUT2D eigenvalue weighted by Crippen LogP contribution is 2.51. The number of rotatable bonds is 3. The number of nitrogens with zero attached hydrogens (tertiary/aromatic N) is 1. The van der Waals surface area contributed by atoms with Gasteiger partial charge in [0.2, 0.25) is 12.7 Å². The summed E-state index contributed by atoms with van der Waals surface area (Å²) >= 11 is 1.58. The van der Waals surface area contributed by atoms with Crippen molar-refractivity contribution in [2.45, 2.75) is 44.4 Å². The smallest absolute Gasteiger partial charge is 0.235 e. The third-order valence-electron chi connectivity index (χ3n) is 5.96. The molecule has 27 heavy (non-hydrogen) atoms. The molecule has 2 heterocycles. The minimum atomic E-state index is -0.522. The maximum atomic E-state index is 13.2. The molecule has 0 bridgehead atoms. The van der Waals surface area contributed by atoms with Crippen molar-refractivity contribution in [3.05, 3.63) is 39.8 Å². The molecule has 6 heteroatoms. The molecule has 1 N–H and O–H groups in total. The Kier molecular flexibility index (Phi) is 3.70. The minimum Gasteiger partial charge on any atom is -0.454 e. The third kappa shape index (κ3) is 2.61. The molecule has 1 amide bonds. The van der Waals surface area contributed by atoms with Gasteiger partial charge < -0.3 is 14.8 Å². The first-order chi connectivity index (χ1) is 13.1. The van der Waals surface area contributed by atoms with Crippen LogP contribution < -0.4 is 14.8 Å². The molecule has 0 spiro atoms. The van der Waals surface area contributed by atoms with E-state index in [0.29, 0.717) is 22.2 Å². The van der Waals surface area contributed by atoms with E-state index in [1.807, 2.05) is 18.2 Å². The normalized spacial score (nSPS) is 21.3. The number of benzene rings is 1. The maximum Gasteiger partial charge on any atom is 0.235 e. The highest BCUT2D eigenvalue weighted by Gasteiger charge is 2.52. The number of anilines is 1. The van der Waals surface area contributed by atoms with E-state index in [9.17, 15) is 10.1 Å². The van der Waals surface area contributed by atoms with Crippen molar-refractivity contribution in [1.82, 2.24) is 0 Å². The summed E-state index contributed by atoms with van der Waals surface area (Å²) in [6, 6.07) is 8.07. The van der Waals surface area contributed by atoms with E-state index in [-0.39, 0.29) is 12.7 Å². The van der Waals surface area contributed by atoms with Gasteiger partial charge in [0.25, 0.3) is 0 Å². The van der Waals surface area contributed by atoms with Gasteiger partial charge in [0, 0.05) is 4.88 Å². The van der Waals surface area contributed by atoms with Gasteiger partial charge in [-0.25, -0.2) is 0 Å². The summed E-state index contributed by atoms with van der Waals surface area (Å²) in [5.74, 6) is 2.03. The van der Waals surface area contributed by atoms with Crippen LogP contribution >= 0.6 is 11.3 Å². The van der Waals surface area contributed by atoms with Crippen molar-refractivity contribution in [1.29, 1.82) is 5.26 Å². The fraction of sp³-hybridized carbons (Fsp3) is 0.429. The lowest BCUT2D eigenvalue weighted by atomic mass is 9.88. The van der Waals surface area contributed by atoms with Gasteiger partial charge >= 0.3 is 0 Å². The number of carbonyl (C=O) groups excluding carboxylic acids is 1. The molecule has 1 atom stereocenters. The van der Waals surface area contributed by atoms with E-state index in [1.54, 1.807) is 11.3 Å². The number of amides is 1. The summed E-state index contributed by atoms with van der Waals surface area (Å²) in [5, 5.41) is 13.5. The fourth-order valence-corrected chi connectivity index (χ4v) is 5.50. The van der Waals surface area contributed by atoms with Crippen LogP contribution in [0.15, 0.2) is 18.2 Å². The molecular weight excluding hydrogens is 360 g/mol. The summed E-state index contributed by atoms with van der Waals surface area (Å²) in [5.41, 5.74) is 2.24. The van der Waals surface area contributed by atoms with Crippen LogP contribution in [-0.2, 0) is 23.1 Å². The van der Waals surface area contributed by atoms with Crippen molar-refractivity contribution in [3.63, 3.8) is 0 Å². The van der Waals surface area contributed by atoms with E-state index in [1.165, 1.54) is 4.88 Å². The van der Waals surface area contributed by atoms with Gasteiger partial charge in [0.1, 0.15) is 11.1 Å². The summed E-state index contributed by atoms with van der Waals surface area (Å²) in [4.78, 5) is 14.4. The lowest BCUT2D eigenvalue weighted by molar-refractivity contribution is -0.118. The largest absolute Gasteiger partial charge is 0.454 e. The second-order valence-electron chi connectivity index (χ2n) is 7.77. The predicted octanol–water partition coefficient (Wildman–Crippen LogP) is 4.14. The number of hydrogen-bond donors (Lipinski definition) is 1. The summed E-state index contributed by atoms with van der Waals surface area (Å²) in [6.45, 7) is 2.47. The predicted molar refractivity (Wildman–Crippen MR) is 102 cm³/mol. The van der Waals surface area contributed by atoms with Crippen molar-refractivity contribution < 1.29 is 14.3 Å². The van der Waals surface area contributed by atoms with Crippen molar-refractivity contribution in [2.24, 2.45) is 5.92 Å². The molecule has 1 fully saturated rings. The van der Waals surface area contributed by atoms with Crippen LogP contribution in [-0.4, -0.2) is 12.7 Å². The molecule has 5 nitrogen and oxygen atoms in total. The average Bonchev–Trinajstić information content (AvgIpc) is 3.22. The number of carbonyl (C=O) groups is 1. The lowest BCUT2D eigenvalue weighted by Gasteiger charge is -2.17. The Morgan fingerprint density at radius 3 is 2.93 bits per heavy atom. The van der Waals surface area contributed by atoms with Crippen LogP contribution in [0.3, 0.4) is 0 Å². The minimum absolute atomic E-state index is 0.0236. The highest BCUT2D eigenvalue weighted by atomic mass is 32.1. The molecule has 0 saturated heterocycles. The van der Waals surface area contributed by atoms with Crippen LogP contribution in [0.2, 0.25) is 0 Å². The zero-order valence-electron chi connectivity index (χ0n) is 15.1. The Morgan fingerprint density at radius 2 is 2.15 bits per heavy atom. The van der Waals surface area contributed by atoms with E-state index in [2.05, 4.69) is 18.3 Å². The zero-order chi connectivity index (χ0) is 18.6. The molecule has 2 aliphatic carbocycles. The van der Waals surface area contributed by atoms with Crippen molar-refractivity contribution in [3.8, 4) is 17.6 Å². The van der Waals surface area contributed by atoms with Gasteiger partial charge in [-0.05, 0) is 61.3 Å². The van der Waals surface area contributed by atoms with E-state index >= 15 is 0 Å². The monoisotopic (exact) mass is 380 g/mol. The van der Waals surface area contributed by atoms with Crippen LogP contribution in [0.4, 0.5) is 5.00 Å². The first-order valence-corrected chi connectivity index (χ1v) is 10.2. The number of thiophene rings is 1. The van der Waals surface area contributed by atoms with Gasteiger partial charge in [-0.15, -0.1) is 11.3 Å². The SMILES string of the molecule is CC1CCc2c(sc(NC(=O)C3(c4ccc5c(c4)OCO5)CC3)c2C#N)C1. The fourth-order valence-electron chi connectivity index (χ4n) is 4.15. The van der Waals surface area contributed by atoms with Crippen LogP contribution in [0, 0.1) is 17.2 Å². The van der Waals surface area contributed by atoms with E-state index in [0.717, 1.165) is 49.0 Å². The van der Waals surface area contributed by atoms with Gasteiger partial charge in [-0.2, -0.15) is 5.26 Å². The Morgan fingerprint density at radius 1 is 1.33 bits per heavy atom. The molecular formula is C21H20N2O3S. The third-order valence-corrected chi connectivity index (χ3v) is 7.13. The quantitative estimate of drug-likeness (QED) is 0.869. The molecule has 1 aromatic heterocycles. The summed E-state index contributed by atoms with van der Waals surface area (Å²) in [6.07, 6.45) is 4.65. The summed E-state index contributed by atoms with van der Waals surface area (Å²) in [7, 11) is 0. The molecule has 1 aliphatic heterocycles. The molecule has 3 aliphatic rings. The van der Waals surface area contributed by atoms with Crippen LogP contribution in [0.5, 0.6) is 11.5 Å². The first kappa shape index (κ1) is 16.6. The maximum absolute atomic E-state index is 13.2. The molecule has 0 radical (unpaired) electrons. The number of nitriles is 1. The lowest BCUT2D eigenvalue weighted by Crippen LogP contribution is -2.27. The Bertz CT molecular complexity index is 984. The number of ether oxygens (including phenoxy) is 2. The van der Waals surface area contributed by atoms with Crippen LogP contribution in [0.25, 0.3) is 0 Å². The average molecular weight is 380 g/mol.